The van der Waals surface area contributed by atoms with Crippen LogP contribution in [0.15, 0.2) is 72.8 Å². The Morgan fingerprint density at radius 1 is 0.853 bits per heavy atom. The normalized spacial score (nSPS) is 11.8. The summed E-state index contributed by atoms with van der Waals surface area (Å²) in [5, 5.41) is 4.50. The van der Waals surface area contributed by atoms with E-state index in [1.54, 1.807) is 35.2 Å². The van der Waals surface area contributed by atoms with Crippen molar-refractivity contribution in [3.63, 3.8) is 0 Å². The van der Waals surface area contributed by atoms with Crippen LogP contribution in [-0.2, 0) is 29.0 Å². The topological polar surface area (TPSA) is 49.4 Å². The molecule has 1 atom stereocenters. The monoisotopic (exact) mass is 516 g/mol. The minimum absolute atomic E-state index is 0.0455. The first kappa shape index (κ1) is 26.1. The van der Waals surface area contributed by atoms with Gasteiger partial charge in [0.1, 0.15) is 6.04 Å². The number of carbonyl (C=O) groups is 2. The highest BCUT2D eigenvalue weighted by Crippen LogP contribution is 2.24. The molecule has 0 heterocycles. The lowest BCUT2D eigenvalue weighted by molar-refractivity contribution is -0.141. The Labute approximate surface area is 215 Å². The quantitative estimate of drug-likeness (QED) is 0.359. The van der Waals surface area contributed by atoms with Gasteiger partial charge in [-0.3, -0.25) is 9.59 Å². The van der Waals surface area contributed by atoms with E-state index < -0.39 is 6.04 Å². The molecule has 0 aliphatic rings. The molecule has 7 heteroatoms. The SMILES string of the molecule is CC(C)NC(=O)[C@@H](Cc1ccccc1)N(Cc1ccc(Cl)cc1)C(=O)Cc1ccc(Cl)cc1Cl. The van der Waals surface area contributed by atoms with Crippen LogP contribution in [0.5, 0.6) is 0 Å². The van der Waals surface area contributed by atoms with Gasteiger partial charge in [0.15, 0.2) is 0 Å². The van der Waals surface area contributed by atoms with E-state index >= 15 is 0 Å². The molecular formula is C27H27Cl3N2O2. The highest BCUT2D eigenvalue weighted by atomic mass is 35.5. The van der Waals surface area contributed by atoms with Crippen molar-refractivity contribution in [1.29, 1.82) is 0 Å². The van der Waals surface area contributed by atoms with E-state index in [0.717, 1.165) is 11.1 Å². The summed E-state index contributed by atoms with van der Waals surface area (Å²) in [6, 6.07) is 21.2. The molecule has 0 aliphatic heterocycles. The van der Waals surface area contributed by atoms with Crippen molar-refractivity contribution in [2.75, 3.05) is 0 Å². The van der Waals surface area contributed by atoms with Gasteiger partial charge in [-0.05, 0) is 54.8 Å². The van der Waals surface area contributed by atoms with E-state index in [1.165, 1.54) is 0 Å². The maximum absolute atomic E-state index is 13.7. The number of hydrogen-bond acceptors (Lipinski definition) is 2. The van der Waals surface area contributed by atoms with E-state index in [-0.39, 0.29) is 30.8 Å². The molecule has 3 aromatic rings. The zero-order valence-electron chi connectivity index (χ0n) is 19.1. The maximum Gasteiger partial charge on any atom is 0.243 e. The van der Waals surface area contributed by atoms with Crippen LogP contribution in [0.25, 0.3) is 0 Å². The zero-order valence-corrected chi connectivity index (χ0v) is 21.4. The minimum atomic E-state index is -0.709. The van der Waals surface area contributed by atoms with Crippen molar-refractivity contribution in [3.05, 3.63) is 105 Å². The number of nitrogens with zero attached hydrogens (tertiary/aromatic N) is 1. The summed E-state index contributed by atoms with van der Waals surface area (Å²) < 4.78 is 0. The van der Waals surface area contributed by atoms with Gasteiger partial charge in [-0.2, -0.15) is 0 Å². The summed E-state index contributed by atoms with van der Waals surface area (Å²) in [6.45, 7) is 4.05. The second-order valence-corrected chi connectivity index (χ2v) is 9.71. The highest BCUT2D eigenvalue weighted by molar-refractivity contribution is 6.35. The molecule has 178 valence electrons. The summed E-state index contributed by atoms with van der Waals surface area (Å²) in [6.07, 6.45) is 0.427. The first-order valence-corrected chi connectivity index (χ1v) is 12.2. The first-order chi connectivity index (χ1) is 16.2. The van der Waals surface area contributed by atoms with Gasteiger partial charge in [-0.15, -0.1) is 0 Å². The number of halogens is 3. The Bertz CT molecular complexity index is 1120. The lowest BCUT2D eigenvalue weighted by Gasteiger charge is -2.32. The summed E-state index contributed by atoms with van der Waals surface area (Å²) in [5.74, 6) is -0.414. The second kappa shape index (κ2) is 12.3. The predicted octanol–water partition coefficient (Wildman–Crippen LogP) is 6.35. The molecule has 0 aliphatic carbocycles. The molecular weight excluding hydrogens is 491 g/mol. The summed E-state index contributed by atoms with van der Waals surface area (Å²) in [5.41, 5.74) is 2.49. The molecule has 0 saturated carbocycles. The van der Waals surface area contributed by atoms with E-state index in [0.29, 0.717) is 27.1 Å². The van der Waals surface area contributed by atoms with Crippen LogP contribution in [0.4, 0.5) is 0 Å². The van der Waals surface area contributed by atoms with Crippen molar-refractivity contribution in [2.24, 2.45) is 0 Å². The standard InChI is InChI=1S/C27H27Cl3N2O2/c1-18(2)31-27(34)25(14-19-6-4-3-5-7-19)32(17-20-8-11-22(28)12-9-20)26(33)15-21-10-13-23(29)16-24(21)30/h3-13,16,18,25H,14-15,17H2,1-2H3,(H,31,34)/t25-/m1/s1. The number of rotatable bonds is 9. The number of amides is 2. The first-order valence-electron chi connectivity index (χ1n) is 11.0. The maximum atomic E-state index is 13.7. The molecule has 1 N–H and O–H groups in total. The van der Waals surface area contributed by atoms with Gasteiger partial charge in [0.25, 0.3) is 0 Å². The molecule has 3 aromatic carbocycles. The van der Waals surface area contributed by atoms with Crippen molar-refractivity contribution >= 4 is 46.6 Å². The Morgan fingerprint density at radius 3 is 2.12 bits per heavy atom. The van der Waals surface area contributed by atoms with Crippen molar-refractivity contribution in [3.8, 4) is 0 Å². The third-order valence-electron chi connectivity index (χ3n) is 5.32. The molecule has 0 fully saturated rings. The van der Waals surface area contributed by atoms with Crippen LogP contribution in [-0.4, -0.2) is 28.8 Å². The predicted molar refractivity (Wildman–Crippen MR) is 139 cm³/mol. The third-order valence-corrected chi connectivity index (χ3v) is 6.16. The van der Waals surface area contributed by atoms with Crippen LogP contribution in [0.2, 0.25) is 15.1 Å². The fraction of sp³-hybridized carbons (Fsp3) is 0.259. The molecule has 0 spiro atoms. The molecule has 3 rings (SSSR count). The fourth-order valence-corrected chi connectivity index (χ4v) is 4.25. The smallest absolute Gasteiger partial charge is 0.243 e. The number of nitrogens with one attached hydrogen (secondary N) is 1. The average molecular weight is 518 g/mol. The average Bonchev–Trinajstić information content (AvgIpc) is 2.79. The lowest BCUT2D eigenvalue weighted by Crippen LogP contribution is -2.52. The molecule has 0 aromatic heterocycles. The van der Waals surface area contributed by atoms with Crippen LogP contribution in [0.1, 0.15) is 30.5 Å². The lowest BCUT2D eigenvalue weighted by atomic mass is 10.0. The van der Waals surface area contributed by atoms with Crippen LogP contribution in [0.3, 0.4) is 0 Å². The molecule has 0 unspecified atom stereocenters. The zero-order chi connectivity index (χ0) is 24.7. The molecule has 0 bridgehead atoms. The van der Waals surface area contributed by atoms with Gasteiger partial charge in [-0.25, -0.2) is 0 Å². The second-order valence-electron chi connectivity index (χ2n) is 8.43. The Morgan fingerprint density at radius 2 is 1.50 bits per heavy atom. The molecule has 34 heavy (non-hydrogen) atoms. The summed E-state index contributed by atoms with van der Waals surface area (Å²) in [7, 11) is 0. The third kappa shape index (κ3) is 7.49. The minimum Gasteiger partial charge on any atom is -0.352 e. The Balaban J connectivity index is 1.98. The van der Waals surface area contributed by atoms with E-state index in [2.05, 4.69) is 5.32 Å². The Hall–Kier alpha value is -2.53. The number of benzene rings is 3. The number of carbonyl (C=O) groups excluding carboxylic acids is 2. The van der Waals surface area contributed by atoms with E-state index in [1.807, 2.05) is 56.3 Å². The van der Waals surface area contributed by atoms with Gasteiger partial charge >= 0.3 is 0 Å². The van der Waals surface area contributed by atoms with Crippen molar-refractivity contribution in [2.45, 2.75) is 45.3 Å². The Kier molecular flexibility index (Phi) is 9.40. The van der Waals surface area contributed by atoms with Crippen molar-refractivity contribution in [1.82, 2.24) is 10.2 Å². The summed E-state index contributed by atoms with van der Waals surface area (Å²) in [4.78, 5) is 28.6. The van der Waals surface area contributed by atoms with Crippen LogP contribution >= 0.6 is 34.8 Å². The van der Waals surface area contributed by atoms with Gasteiger partial charge in [0.05, 0.1) is 6.42 Å². The van der Waals surface area contributed by atoms with Gasteiger partial charge in [0.2, 0.25) is 11.8 Å². The van der Waals surface area contributed by atoms with Gasteiger partial charge in [0, 0.05) is 34.1 Å². The number of hydrogen-bond donors (Lipinski definition) is 1. The van der Waals surface area contributed by atoms with Crippen LogP contribution in [0, 0.1) is 0 Å². The van der Waals surface area contributed by atoms with Crippen molar-refractivity contribution < 1.29 is 9.59 Å². The highest BCUT2D eigenvalue weighted by Gasteiger charge is 2.31. The molecule has 2 amide bonds. The van der Waals surface area contributed by atoms with Crippen LogP contribution < -0.4 is 5.32 Å². The van der Waals surface area contributed by atoms with E-state index in [4.69, 9.17) is 34.8 Å². The largest absolute Gasteiger partial charge is 0.352 e. The van der Waals surface area contributed by atoms with Gasteiger partial charge in [-0.1, -0.05) is 83.3 Å². The van der Waals surface area contributed by atoms with E-state index in [9.17, 15) is 9.59 Å². The van der Waals surface area contributed by atoms with Gasteiger partial charge < -0.3 is 10.2 Å². The molecule has 4 nitrogen and oxygen atoms in total. The summed E-state index contributed by atoms with van der Waals surface area (Å²) >= 11 is 18.4. The fourth-order valence-electron chi connectivity index (χ4n) is 3.65. The molecule has 0 saturated heterocycles. The molecule has 0 radical (unpaired) electrons.